The molecule has 0 amide bonds. The van der Waals surface area contributed by atoms with E-state index >= 15 is 0 Å². The zero-order valence-corrected chi connectivity index (χ0v) is 11.3. The molecule has 2 rings (SSSR count). The summed E-state index contributed by atoms with van der Waals surface area (Å²) in [6, 6.07) is -0.0444. The van der Waals surface area contributed by atoms with Crippen molar-refractivity contribution in [1.82, 2.24) is 8.61 Å². The molecule has 6 heteroatoms. The molecule has 2 aliphatic rings. The van der Waals surface area contributed by atoms with E-state index in [0.717, 1.165) is 25.7 Å². The highest BCUT2D eigenvalue weighted by molar-refractivity contribution is 7.86. The van der Waals surface area contributed by atoms with Gasteiger partial charge in [0, 0.05) is 25.7 Å². The second-order valence-corrected chi connectivity index (χ2v) is 6.74. The van der Waals surface area contributed by atoms with Crippen molar-refractivity contribution >= 4 is 10.2 Å². The first-order valence-electron chi connectivity index (χ1n) is 6.47. The number of nitrogens with zero attached hydrogens (tertiary/aromatic N) is 2. The van der Waals surface area contributed by atoms with Crippen molar-refractivity contribution in [3.8, 4) is 0 Å². The van der Waals surface area contributed by atoms with Crippen molar-refractivity contribution in [1.29, 1.82) is 0 Å². The second kappa shape index (κ2) is 5.65. The van der Waals surface area contributed by atoms with Crippen LogP contribution in [0.3, 0.4) is 0 Å². The minimum absolute atomic E-state index is 0.0444. The van der Waals surface area contributed by atoms with Crippen LogP contribution in [0.2, 0.25) is 0 Å². The van der Waals surface area contributed by atoms with Gasteiger partial charge in [0.15, 0.2) is 0 Å². The first kappa shape index (κ1) is 13.3. The first-order chi connectivity index (χ1) is 8.12. The van der Waals surface area contributed by atoms with Gasteiger partial charge < -0.3 is 4.74 Å². The highest BCUT2D eigenvalue weighted by Crippen LogP contribution is 2.19. The molecule has 1 atom stereocenters. The molecule has 1 unspecified atom stereocenters. The van der Waals surface area contributed by atoms with Crippen molar-refractivity contribution in [2.45, 2.75) is 38.6 Å². The van der Waals surface area contributed by atoms with E-state index in [2.05, 4.69) is 0 Å². The molecule has 5 nitrogen and oxygen atoms in total. The van der Waals surface area contributed by atoms with Crippen LogP contribution in [0.1, 0.15) is 32.6 Å². The zero-order valence-electron chi connectivity index (χ0n) is 10.5. The fraction of sp³-hybridized carbons (Fsp3) is 1.00. The second-order valence-electron chi connectivity index (χ2n) is 4.86. The van der Waals surface area contributed by atoms with Gasteiger partial charge in [-0.1, -0.05) is 12.8 Å². The molecule has 0 aromatic rings. The molecule has 2 saturated heterocycles. The van der Waals surface area contributed by atoms with Crippen molar-refractivity contribution in [3.63, 3.8) is 0 Å². The number of hydrogen-bond acceptors (Lipinski definition) is 3. The summed E-state index contributed by atoms with van der Waals surface area (Å²) in [4.78, 5) is 0. The van der Waals surface area contributed by atoms with E-state index in [1.54, 1.807) is 8.61 Å². The third kappa shape index (κ3) is 2.99. The van der Waals surface area contributed by atoms with Crippen molar-refractivity contribution in [2.75, 3.05) is 32.8 Å². The summed E-state index contributed by atoms with van der Waals surface area (Å²) in [7, 11) is -3.27. The smallest absolute Gasteiger partial charge is 0.282 e. The van der Waals surface area contributed by atoms with Crippen LogP contribution in [0.4, 0.5) is 0 Å². The maximum Gasteiger partial charge on any atom is 0.282 e. The maximum atomic E-state index is 12.5. The monoisotopic (exact) mass is 262 g/mol. The van der Waals surface area contributed by atoms with Gasteiger partial charge in [-0.2, -0.15) is 17.0 Å². The lowest BCUT2D eigenvalue weighted by Gasteiger charge is -2.35. The Morgan fingerprint density at radius 2 is 1.71 bits per heavy atom. The molecule has 0 aromatic carbocycles. The van der Waals surface area contributed by atoms with Crippen molar-refractivity contribution in [3.05, 3.63) is 0 Å². The van der Waals surface area contributed by atoms with Crippen LogP contribution in [0.25, 0.3) is 0 Å². The summed E-state index contributed by atoms with van der Waals surface area (Å²) >= 11 is 0. The summed E-state index contributed by atoms with van der Waals surface area (Å²) in [6.45, 7) is 4.76. The first-order valence-corrected chi connectivity index (χ1v) is 7.87. The Labute approximate surface area is 104 Å². The Morgan fingerprint density at radius 3 is 2.29 bits per heavy atom. The highest BCUT2D eigenvalue weighted by atomic mass is 32.2. The van der Waals surface area contributed by atoms with Gasteiger partial charge in [-0.15, -0.1) is 0 Å². The van der Waals surface area contributed by atoms with Crippen LogP contribution in [-0.2, 0) is 14.9 Å². The van der Waals surface area contributed by atoms with Gasteiger partial charge in [-0.05, 0) is 19.8 Å². The Bertz CT molecular complexity index is 337. The molecule has 2 aliphatic heterocycles. The molecule has 0 radical (unpaired) electrons. The maximum absolute atomic E-state index is 12.5. The van der Waals surface area contributed by atoms with Gasteiger partial charge in [0.25, 0.3) is 10.2 Å². The van der Waals surface area contributed by atoms with Crippen LogP contribution in [0.15, 0.2) is 0 Å². The lowest BCUT2D eigenvalue weighted by molar-refractivity contribution is 0.0364. The molecule has 100 valence electrons. The number of rotatable bonds is 2. The van der Waals surface area contributed by atoms with Gasteiger partial charge in [0.05, 0.1) is 13.2 Å². The van der Waals surface area contributed by atoms with E-state index in [1.807, 2.05) is 6.92 Å². The molecule has 0 bridgehead atoms. The van der Waals surface area contributed by atoms with Gasteiger partial charge in [0.2, 0.25) is 0 Å². The van der Waals surface area contributed by atoms with Crippen LogP contribution in [0, 0.1) is 0 Å². The molecule has 0 saturated carbocycles. The predicted octanol–water partition coefficient (Wildman–Crippen LogP) is 0.828. The van der Waals surface area contributed by atoms with E-state index in [-0.39, 0.29) is 6.04 Å². The fourth-order valence-corrected chi connectivity index (χ4v) is 4.31. The minimum Gasteiger partial charge on any atom is -0.378 e. The van der Waals surface area contributed by atoms with E-state index in [0.29, 0.717) is 32.8 Å². The molecule has 2 heterocycles. The Balaban J connectivity index is 2.10. The topological polar surface area (TPSA) is 49.9 Å². The molecule has 0 aromatic heterocycles. The number of ether oxygens (including phenoxy) is 1. The largest absolute Gasteiger partial charge is 0.378 e. The van der Waals surface area contributed by atoms with Crippen LogP contribution in [0.5, 0.6) is 0 Å². The van der Waals surface area contributed by atoms with E-state index < -0.39 is 10.2 Å². The van der Waals surface area contributed by atoms with E-state index in [4.69, 9.17) is 4.74 Å². The van der Waals surface area contributed by atoms with E-state index in [9.17, 15) is 8.42 Å². The SMILES string of the molecule is CC1COCCN1S(=O)(=O)N1CCCCCC1. The Kier molecular flexibility index (Phi) is 4.41. The van der Waals surface area contributed by atoms with Gasteiger partial charge in [0.1, 0.15) is 0 Å². The molecular weight excluding hydrogens is 240 g/mol. The molecule has 2 fully saturated rings. The predicted molar refractivity (Wildman–Crippen MR) is 65.9 cm³/mol. The average Bonchev–Trinajstić information content (AvgIpc) is 2.58. The molecule has 17 heavy (non-hydrogen) atoms. The molecule has 0 N–H and O–H groups in total. The Hall–Kier alpha value is -0.170. The average molecular weight is 262 g/mol. The highest BCUT2D eigenvalue weighted by Gasteiger charge is 2.34. The van der Waals surface area contributed by atoms with Crippen molar-refractivity contribution < 1.29 is 13.2 Å². The van der Waals surface area contributed by atoms with Crippen LogP contribution < -0.4 is 0 Å². The minimum atomic E-state index is -3.27. The summed E-state index contributed by atoms with van der Waals surface area (Å²) in [5, 5.41) is 0. The zero-order chi connectivity index (χ0) is 12.3. The van der Waals surface area contributed by atoms with Gasteiger partial charge in [-0.3, -0.25) is 0 Å². The summed E-state index contributed by atoms with van der Waals surface area (Å²) in [5.41, 5.74) is 0. The van der Waals surface area contributed by atoms with Gasteiger partial charge >= 0.3 is 0 Å². The summed E-state index contributed by atoms with van der Waals surface area (Å²) in [6.07, 6.45) is 4.26. The standard InChI is InChI=1S/C11H22N2O3S/c1-11-10-16-9-8-13(11)17(14,15)12-6-4-2-3-5-7-12/h11H,2-10H2,1H3. The fourth-order valence-electron chi connectivity index (χ4n) is 2.48. The molecular formula is C11H22N2O3S. The summed E-state index contributed by atoms with van der Waals surface area (Å²) < 4.78 is 33.5. The Morgan fingerprint density at radius 1 is 1.06 bits per heavy atom. The van der Waals surface area contributed by atoms with Crippen molar-refractivity contribution in [2.24, 2.45) is 0 Å². The lowest BCUT2D eigenvalue weighted by atomic mass is 10.2. The third-order valence-corrected chi connectivity index (χ3v) is 5.65. The van der Waals surface area contributed by atoms with E-state index in [1.165, 1.54) is 0 Å². The van der Waals surface area contributed by atoms with Gasteiger partial charge in [-0.25, -0.2) is 0 Å². The lowest BCUT2D eigenvalue weighted by Crippen LogP contribution is -2.53. The molecule has 0 spiro atoms. The number of morpholine rings is 1. The van der Waals surface area contributed by atoms with Crippen LogP contribution in [-0.4, -0.2) is 55.9 Å². The van der Waals surface area contributed by atoms with Crippen LogP contribution >= 0.6 is 0 Å². The third-order valence-electron chi connectivity index (χ3n) is 3.49. The quantitative estimate of drug-likeness (QED) is 0.740. The summed E-state index contributed by atoms with van der Waals surface area (Å²) in [5.74, 6) is 0. The number of hydrogen-bond donors (Lipinski definition) is 0. The molecule has 0 aliphatic carbocycles. The normalized spacial score (nSPS) is 30.1.